The van der Waals surface area contributed by atoms with Crippen LogP contribution in [0.4, 0.5) is 0 Å². The van der Waals surface area contributed by atoms with Gasteiger partial charge in [-0.15, -0.1) is 0 Å². The van der Waals surface area contributed by atoms with Gasteiger partial charge in [0.05, 0.1) is 16.6 Å². The summed E-state index contributed by atoms with van der Waals surface area (Å²) < 4.78 is 6.96. The second-order valence-corrected chi connectivity index (χ2v) is 6.61. The molecule has 26 heavy (non-hydrogen) atoms. The summed E-state index contributed by atoms with van der Waals surface area (Å²) in [5.41, 5.74) is 2.53. The number of halogens is 2. The Morgan fingerprint density at radius 1 is 1.19 bits per heavy atom. The summed E-state index contributed by atoms with van der Waals surface area (Å²) in [4.78, 5) is 28.8. The van der Waals surface area contributed by atoms with Crippen molar-refractivity contribution in [2.45, 2.75) is 27.0 Å². The van der Waals surface area contributed by atoms with Gasteiger partial charge in [0.25, 0.3) is 5.56 Å². The van der Waals surface area contributed by atoms with E-state index in [0.717, 1.165) is 0 Å². The first kappa shape index (κ1) is 18.4. The van der Waals surface area contributed by atoms with Gasteiger partial charge in [0.1, 0.15) is 12.3 Å². The van der Waals surface area contributed by atoms with Gasteiger partial charge >= 0.3 is 5.97 Å². The van der Waals surface area contributed by atoms with E-state index >= 15 is 0 Å². The van der Waals surface area contributed by atoms with Crippen LogP contribution < -0.4 is 5.56 Å². The van der Waals surface area contributed by atoms with Crippen molar-refractivity contribution in [1.82, 2.24) is 9.55 Å². The number of rotatable bonds is 4. The topological polar surface area (TPSA) is 61.2 Å². The van der Waals surface area contributed by atoms with Crippen LogP contribution in [0, 0.1) is 6.92 Å². The molecule has 1 aromatic heterocycles. The van der Waals surface area contributed by atoms with E-state index in [2.05, 4.69) is 4.98 Å². The maximum absolute atomic E-state index is 12.4. The van der Waals surface area contributed by atoms with Crippen LogP contribution in [0.3, 0.4) is 0 Å². The first-order chi connectivity index (χ1) is 12.4. The molecule has 1 heterocycles. The Morgan fingerprint density at radius 2 is 1.96 bits per heavy atom. The molecule has 3 aromatic rings. The zero-order chi connectivity index (χ0) is 18.8. The van der Waals surface area contributed by atoms with Crippen LogP contribution in [0.2, 0.25) is 10.0 Å². The molecular formula is C19H16Cl2N2O3. The maximum Gasteiger partial charge on any atom is 0.338 e. The highest BCUT2D eigenvalue weighted by atomic mass is 35.5. The van der Waals surface area contributed by atoms with Gasteiger partial charge < -0.3 is 9.30 Å². The molecule has 0 saturated heterocycles. The standard InChI is InChI=1S/C19H16Cl2N2O3/c1-3-23-17-7-5-12(8-16(17)22-11(2)18(23)24)19(25)26-10-13-4-6-14(20)9-15(13)21/h4-9H,3,10H2,1-2H3. The third-order valence-corrected chi connectivity index (χ3v) is 4.62. The highest BCUT2D eigenvalue weighted by Gasteiger charge is 2.13. The van der Waals surface area contributed by atoms with E-state index in [4.69, 9.17) is 27.9 Å². The highest BCUT2D eigenvalue weighted by molar-refractivity contribution is 6.35. The average molecular weight is 391 g/mol. The van der Waals surface area contributed by atoms with Crippen LogP contribution in [-0.4, -0.2) is 15.5 Å². The molecule has 0 N–H and O–H groups in total. The molecular weight excluding hydrogens is 375 g/mol. The van der Waals surface area contributed by atoms with Crippen LogP contribution in [0.5, 0.6) is 0 Å². The lowest BCUT2D eigenvalue weighted by Gasteiger charge is -2.10. The molecule has 0 aliphatic carbocycles. The summed E-state index contributed by atoms with van der Waals surface area (Å²) in [5.74, 6) is -0.494. The Balaban J connectivity index is 1.87. The van der Waals surface area contributed by atoms with Crippen molar-refractivity contribution in [3.05, 3.63) is 73.6 Å². The Morgan fingerprint density at radius 3 is 2.65 bits per heavy atom. The normalized spacial score (nSPS) is 10.9. The first-order valence-electron chi connectivity index (χ1n) is 8.03. The summed E-state index contributed by atoms with van der Waals surface area (Å²) in [6, 6.07) is 9.95. The minimum absolute atomic E-state index is 0.0355. The third kappa shape index (κ3) is 3.59. The summed E-state index contributed by atoms with van der Waals surface area (Å²) in [5, 5.41) is 0.955. The molecule has 0 atom stereocenters. The Hall–Kier alpha value is -2.37. The summed E-state index contributed by atoms with van der Waals surface area (Å²) in [6.45, 7) is 4.10. The third-order valence-electron chi connectivity index (χ3n) is 4.03. The van der Waals surface area contributed by atoms with E-state index in [0.29, 0.717) is 44.4 Å². The average Bonchev–Trinajstić information content (AvgIpc) is 2.61. The smallest absolute Gasteiger partial charge is 0.338 e. The number of esters is 1. The van der Waals surface area contributed by atoms with Gasteiger partial charge in [-0.1, -0.05) is 29.3 Å². The Kier molecular flexibility index (Phi) is 5.30. The summed E-state index contributed by atoms with van der Waals surface area (Å²) in [7, 11) is 0. The second kappa shape index (κ2) is 7.48. The number of nitrogens with zero attached hydrogens (tertiary/aromatic N) is 2. The van der Waals surface area contributed by atoms with Gasteiger partial charge in [0.2, 0.25) is 0 Å². The van der Waals surface area contributed by atoms with E-state index in [1.54, 1.807) is 47.9 Å². The molecule has 5 nitrogen and oxygen atoms in total. The molecule has 3 rings (SSSR count). The fourth-order valence-corrected chi connectivity index (χ4v) is 3.14. The lowest BCUT2D eigenvalue weighted by Crippen LogP contribution is -2.23. The zero-order valence-electron chi connectivity index (χ0n) is 14.3. The van der Waals surface area contributed by atoms with Gasteiger partial charge in [0, 0.05) is 22.2 Å². The monoisotopic (exact) mass is 390 g/mol. The molecule has 0 saturated carbocycles. The van der Waals surface area contributed by atoms with Crippen molar-refractivity contribution in [2.75, 3.05) is 0 Å². The van der Waals surface area contributed by atoms with E-state index in [9.17, 15) is 9.59 Å². The summed E-state index contributed by atoms with van der Waals surface area (Å²) >= 11 is 11.9. The Labute approximate surface area is 160 Å². The molecule has 7 heteroatoms. The minimum atomic E-state index is -0.494. The minimum Gasteiger partial charge on any atom is -0.457 e. The van der Waals surface area contributed by atoms with Gasteiger partial charge in [-0.05, 0) is 44.2 Å². The number of aromatic nitrogens is 2. The molecule has 0 amide bonds. The molecule has 0 radical (unpaired) electrons. The lowest BCUT2D eigenvalue weighted by molar-refractivity contribution is 0.0473. The van der Waals surface area contributed by atoms with Crippen LogP contribution in [0.25, 0.3) is 11.0 Å². The molecule has 0 bridgehead atoms. The van der Waals surface area contributed by atoms with Crippen molar-refractivity contribution >= 4 is 40.2 Å². The molecule has 0 aliphatic rings. The first-order valence-corrected chi connectivity index (χ1v) is 8.78. The van der Waals surface area contributed by atoms with Gasteiger partial charge in [0.15, 0.2) is 0 Å². The van der Waals surface area contributed by atoms with Gasteiger partial charge in [-0.25, -0.2) is 9.78 Å². The fraction of sp³-hybridized carbons (Fsp3) is 0.211. The number of carbonyl (C=O) groups excluding carboxylic acids is 1. The number of aryl methyl sites for hydroxylation is 2. The highest BCUT2D eigenvalue weighted by Crippen LogP contribution is 2.22. The summed E-state index contributed by atoms with van der Waals surface area (Å²) in [6.07, 6.45) is 0. The SMILES string of the molecule is CCn1c(=O)c(C)nc2cc(C(=O)OCc3ccc(Cl)cc3Cl)ccc21. The maximum atomic E-state index is 12.4. The van der Waals surface area contributed by atoms with E-state index in [1.165, 1.54) is 0 Å². The van der Waals surface area contributed by atoms with Crippen molar-refractivity contribution in [1.29, 1.82) is 0 Å². The zero-order valence-corrected chi connectivity index (χ0v) is 15.8. The van der Waals surface area contributed by atoms with Gasteiger partial charge in [-0.3, -0.25) is 4.79 Å². The second-order valence-electron chi connectivity index (χ2n) is 5.76. The van der Waals surface area contributed by atoms with Crippen LogP contribution in [-0.2, 0) is 17.9 Å². The largest absolute Gasteiger partial charge is 0.457 e. The van der Waals surface area contributed by atoms with Crippen molar-refractivity contribution in [3.63, 3.8) is 0 Å². The quantitative estimate of drug-likeness (QED) is 0.619. The number of carbonyl (C=O) groups is 1. The van der Waals surface area contributed by atoms with Gasteiger partial charge in [-0.2, -0.15) is 0 Å². The fourth-order valence-electron chi connectivity index (χ4n) is 2.68. The van der Waals surface area contributed by atoms with Crippen molar-refractivity contribution in [3.8, 4) is 0 Å². The number of hydrogen-bond donors (Lipinski definition) is 0. The molecule has 0 spiro atoms. The number of hydrogen-bond acceptors (Lipinski definition) is 4. The molecule has 0 unspecified atom stereocenters. The van der Waals surface area contributed by atoms with Crippen LogP contribution in [0.15, 0.2) is 41.2 Å². The molecule has 134 valence electrons. The van der Waals surface area contributed by atoms with Crippen molar-refractivity contribution < 1.29 is 9.53 Å². The molecule has 2 aromatic carbocycles. The van der Waals surface area contributed by atoms with Crippen LogP contribution >= 0.6 is 23.2 Å². The van der Waals surface area contributed by atoms with Crippen molar-refractivity contribution in [2.24, 2.45) is 0 Å². The van der Waals surface area contributed by atoms with E-state index in [-0.39, 0.29) is 12.2 Å². The van der Waals surface area contributed by atoms with E-state index < -0.39 is 5.97 Å². The number of benzene rings is 2. The van der Waals surface area contributed by atoms with E-state index in [1.807, 2.05) is 6.92 Å². The Bertz CT molecular complexity index is 1060. The lowest BCUT2D eigenvalue weighted by atomic mass is 10.2. The predicted octanol–water partition coefficient (Wildman–Crippen LogP) is 4.39. The number of fused-ring (bicyclic) bond motifs is 1. The predicted molar refractivity (Wildman–Crippen MR) is 102 cm³/mol. The molecule has 0 fully saturated rings. The van der Waals surface area contributed by atoms with Crippen LogP contribution in [0.1, 0.15) is 28.5 Å². The molecule has 0 aliphatic heterocycles. The number of ether oxygens (including phenoxy) is 1.